The number of fused-ring (bicyclic) bond motifs is 1. The van der Waals surface area contributed by atoms with Gasteiger partial charge in [-0.2, -0.15) is 0 Å². The van der Waals surface area contributed by atoms with Crippen LogP contribution in [0.15, 0.2) is 91.0 Å². The summed E-state index contributed by atoms with van der Waals surface area (Å²) in [5, 5.41) is 11.9. The zero-order valence-corrected chi connectivity index (χ0v) is 22.4. The van der Waals surface area contributed by atoms with Gasteiger partial charge in [0.1, 0.15) is 12.2 Å². The number of hydrogen-bond donors (Lipinski definition) is 1. The van der Waals surface area contributed by atoms with Crippen LogP contribution in [-0.2, 0) is 11.1 Å². The summed E-state index contributed by atoms with van der Waals surface area (Å²) in [4.78, 5) is 15.6. The summed E-state index contributed by atoms with van der Waals surface area (Å²) in [6, 6.07) is 29.6. The van der Waals surface area contributed by atoms with Gasteiger partial charge in [-0.15, -0.1) is 4.67 Å². The van der Waals surface area contributed by atoms with E-state index in [9.17, 15) is 5.11 Å². The van der Waals surface area contributed by atoms with Crippen LogP contribution in [0.25, 0.3) is 0 Å². The highest BCUT2D eigenvalue weighted by atomic mass is 31.2. The zero-order valence-electron chi connectivity index (χ0n) is 21.5. The Morgan fingerprint density at radius 1 is 0.917 bits per heavy atom. The number of nitrogens with zero attached hydrogens (tertiary/aromatic N) is 1. The van der Waals surface area contributed by atoms with Crippen LogP contribution in [0, 0.1) is 11.8 Å². The van der Waals surface area contributed by atoms with E-state index in [1.54, 1.807) is 0 Å². The normalized spacial score (nSPS) is 29.8. The lowest BCUT2D eigenvalue weighted by atomic mass is 9.71. The lowest BCUT2D eigenvalue weighted by Gasteiger charge is -2.60. The highest BCUT2D eigenvalue weighted by Gasteiger charge is 2.63. The van der Waals surface area contributed by atoms with E-state index in [2.05, 4.69) is 37.6 Å². The van der Waals surface area contributed by atoms with Gasteiger partial charge in [0.15, 0.2) is 13.5 Å². The minimum absolute atomic E-state index is 0.0872. The Morgan fingerprint density at radius 3 is 2.08 bits per heavy atom. The van der Waals surface area contributed by atoms with Gasteiger partial charge < -0.3 is 10.00 Å². The molecule has 1 N–H and O–H groups in total. The molecule has 0 radical (unpaired) electrons. The molecule has 1 saturated carbocycles. The van der Waals surface area contributed by atoms with Crippen molar-refractivity contribution in [3.05, 3.63) is 108 Å². The second kappa shape index (κ2) is 10.4. The van der Waals surface area contributed by atoms with Crippen LogP contribution in [0.1, 0.15) is 68.5 Å². The number of aliphatic hydroxyl groups excluding tert-OH is 1. The van der Waals surface area contributed by atoms with Crippen LogP contribution in [0.5, 0.6) is 0 Å². The molecule has 5 heteroatoms. The highest BCUT2D eigenvalue weighted by Crippen LogP contribution is 2.76. The third-order valence-corrected chi connectivity index (χ3v) is 11.5. The van der Waals surface area contributed by atoms with Crippen LogP contribution >= 0.6 is 7.87 Å². The van der Waals surface area contributed by atoms with Crippen LogP contribution in [0.4, 0.5) is 0 Å². The summed E-state index contributed by atoms with van der Waals surface area (Å²) in [5.41, 5.74) is 1.62. The maximum atomic E-state index is 15.6. The van der Waals surface area contributed by atoms with Crippen LogP contribution in [0.2, 0.25) is 0 Å². The Bertz CT molecular complexity index is 1130. The molecule has 2 aliphatic rings. The average Bonchev–Trinajstić information content (AvgIpc) is 2.88. The molecule has 3 aromatic carbocycles. The number of rotatable bonds is 6. The Balaban J connectivity index is 1.66. The largest absolute Gasteiger partial charge is 0.640 e. The molecule has 1 heterocycles. The van der Waals surface area contributed by atoms with E-state index in [0.29, 0.717) is 12.5 Å². The van der Waals surface area contributed by atoms with Gasteiger partial charge in [-0.3, -0.25) is 0 Å². The van der Waals surface area contributed by atoms with E-state index in [4.69, 9.17) is 4.52 Å². The lowest BCUT2D eigenvalue weighted by molar-refractivity contribution is -0.242. The molecule has 190 valence electrons. The molecular formula is C31H38NO3P. The fraction of sp³-hybridized carbons (Fsp3) is 0.419. The third kappa shape index (κ3) is 4.78. The fourth-order valence-corrected chi connectivity index (χ4v) is 9.83. The van der Waals surface area contributed by atoms with Gasteiger partial charge in [0, 0.05) is 5.92 Å². The third-order valence-electron chi connectivity index (χ3n) is 8.36. The van der Waals surface area contributed by atoms with Gasteiger partial charge in [0.25, 0.3) is 0 Å². The standard InChI is InChI=1S/C31H38NO3P/c1-23-19-20-27-28(21-23)35-36(34,32(31(27,2)3)22-24-13-7-4-8-14-24)30(26-17-11-6-12-18-26)29(33)25-15-9-5-10-16-25/h4-18,23,27-30,33H,19-22H2,1-3H3/t23-,27-,28-,29+,30-,36?/m1/s1. The molecule has 0 amide bonds. The van der Waals surface area contributed by atoms with Crippen molar-refractivity contribution in [2.24, 2.45) is 11.8 Å². The van der Waals surface area contributed by atoms with Gasteiger partial charge >= 0.3 is 0 Å². The van der Waals surface area contributed by atoms with Crippen molar-refractivity contribution in [3.63, 3.8) is 0 Å². The predicted octanol–water partition coefficient (Wildman–Crippen LogP) is 6.70. The van der Waals surface area contributed by atoms with Crippen molar-refractivity contribution in [1.82, 2.24) is 4.67 Å². The number of hydrogen-bond acceptors (Lipinski definition) is 4. The molecule has 4 nitrogen and oxygen atoms in total. The Kier molecular flexibility index (Phi) is 7.36. The molecule has 1 saturated heterocycles. The first-order chi connectivity index (χ1) is 17.3. The van der Waals surface area contributed by atoms with Gasteiger partial charge in [-0.1, -0.05) is 104 Å². The summed E-state index contributed by atoms with van der Waals surface area (Å²) in [6.45, 7) is 7.24. The van der Waals surface area contributed by atoms with E-state index < -0.39 is 19.6 Å². The summed E-state index contributed by atoms with van der Waals surface area (Å²) < 4.78 is 8.97. The van der Waals surface area contributed by atoms with Crippen molar-refractivity contribution in [1.29, 1.82) is 0 Å². The molecule has 3 aromatic rings. The maximum absolute atomic E-state index is 15.6. The molecule has 0 bridgehead atoms. The average molecular weight is 504 g/mol. The van der Waals surface area contributed by atoms with Gasteiger partial charge in [-0.05, 0) is 49.3 Å². The van der Waals surface area contributed by atoms with Crippen LogP contribution in [0.3, 0.4) is 0 Å². The van der Waals surface area contributed by atoms with Crippen molar-refractivity contribution < 1.29 is 14.5 Å². The summed E-state index contributed by atoms with van der Waals surface area (Å²) >= 11 is 0. The van der Waals surface area contributed by atoms with Crippen molar-refractivity contribution in [2.45, 2.75) is 70.0 Å². The second-order valence-electron chi connectivity index (χ2n) is 11.1. The minimum Gasteiger partial charge on any atom is -0.640 e. The first kappa shape index (κ1) is 25.6. The molecule has 5 rings (SSSR count). The molecule has 0 spiro atoms. The first-order valence-corrected chi connectivity index (χ1v) is 14.8. The maximum Gasteiger partial charge on any atom is 0.185 e. The van der Waals surface area contributed by atoms with Gasteiger partial charge in [0.05, 0.1) is 12.1 Å². The van der Waals surface area contributed by atoms with Gasteiger partial charge in [-0.25, -0.2) is 4.52 Å². The quantitative estimate of drug-likeness (QED) is 0.380. The topological polar surface area (TPSA) is 55.8 Å². The smallest absolute Gasteiger partial charge is 0.185 e. The van der Waals surface area contributed by atoms with E-state index in [-0.39, 0.29) is 17.6 Å². The summed E-state index contributed by atoms with van der Waals surface area (Å²) in [5.74, 6) is 0.815. The predicted molar refractivity (Wildman–Crippen MR) is 145 cm³/mol. The molecule has 6 atom stereocenters. The second-order valence-corrected chi connectivity index (χ2v) is 13.5. The molecule has 1 aliphatic heterocycles. The monoisotopic (exact) mass is 503 g/mol. The number of aliphatic hydroxyl groups is 1. The Hall–Kier alpha value is -2.07. The summed E-state index contributed by atoms with van der Waals surface area (Å²) in [7, 11) is -3.60. The summed E-state index contributed by atoms with van der Waals surface area (Å²) in [6.07, 6.45) is 2.06. The molecule has 1 unspecified atom stereocenters. The first-order valence-electron chi connectivity index (χ1n) is 13.2. The van der Waals surface area contributed by atoms with E-state index in [1.807, 2.05) is 78.9 Å². The molecule has 2 fully saturated rings. The lowest BCUT2D eigenvalue weighted by Crippen LogP contribution is -2.61. The highest BCUT2D eigenvalue weighted by molar-refractivity contribution is 7.62. The fourth-order valence-electron chi connectivity index (χ4n) is 6.36. The van der Waals surface area contributed by atoms with E-state index in [1.165, 1.54) is 0 Å². The van der Waals surface area contributed by atoms with Crippen molar-refractivity contribution in [2.75, 3.05) is 0 Å². The molecule has 36 heavy (non-hydrogen) atoms. The molecular weight excluding hydrogens is 465 g/mol. The van der Waals surface area contributed by atoms with Gasteiger partial charge in [0.2, 0.25) is 0 Å². The van der Waals surface area contributed by atoms with Crippen molar-refractivity contribution >= 4 is 7.87 Å². The van der Waals surface area contributed by atoms with Crippen molar-refractivity contribution in [3.8, 4) is 0 Å². The SMILES string of the molecule is C[C@@H]1CC[C@@H]2[C@@H](C1)O[P+]([O-])([C@H](c1ccccc1)[C@@H](O)c1ccccc1)N(Cc1ccccc1)C2(C)C. The Labute approximate surface area is 216 Å². The zero-order chi connectivity index (χ0) is 25.3. The molecule has 1 aliphatic carbocycles. The minimum atomic E-state index is -3.60. The van der Waals surface area contributed by atoms with Crippen LogP contribution in [-0.4, -0.2) is 21.4 Å². The Morgan fingerprint density at radius 2 is 1.47 bits per heavy atom. The van der Waals surface area contributed by atoms with E-state index in [0.717, 1.165) is 36.0 Å². The van der Waals surface area contributed by atoms with E-state index >= 15 is 4.89 Å². The molecule has 0 aromatic heterocycles. The number of benzene rings is 3. The van der Waals surface area contributed by atoms with Crippen LogP contribution < -0.4 is 4.89 Å².